The predicted molar refractivity (Wildman–Crippen MR) is 43.3 cm³/mol. The summed E-state index contributed by atoms with van der Waals surface area (Å²) < 4.78 is 4.92. The van der Waals surface area contributed by atoms with Crippen LogP contribution in [0.5, 0.6) is 0 Å². The van der Waals surface area contributed by atoms with Crippen LogP contribution in [0.15, 0.2) is 28.9 Å². The molecule has 12 heavy (non-hydrogen) atoms. The summed E-state index contributed by atoms with van der Waals surface area (Å²) in [5.41, 5.74) is 1.75. The summed E-state index contributed by atoms with van der Waals surface area (Å²) in [5.74, 6) is 0. The molecule has 2 aromatic rings. The molecule has 0 fully saturated rings. The molecule has 0 aliphatic rings. The topological polar surface area (TPSA) is 49.8 Å². The van der Waals surface area contributed by atoms with Gasteiger partial charge in [0.25, 0.3) is 0 Å². The molecule has 3 heteroatoms. The van der Waals surface area contributed by atoms with Crippen molar-refractivity contribution >= 4 is 11.0 Å². The van der Waals surface area contributed by atoms with Gasteiger partial charge in [-0.25, -0.2) is 0 Å². The number of rotatable bonds is 1. The molecular weight excluding hydrogens is 152 g/mol. The lowest BCUT2D eigenvalue weighted by Gasteiger charge is -1.91. The lowest BCUT2D eigenvalue weighted by atomic mass is 10.1. The first-order valence-electron chi connectivity index (χ1n) is 3.60. The highest BCUT2D eigenvalue weighted by molar-refractivity contribution is 5.76. The summed E-state index contributed by atoms with van der Waals surface area (Å²) in [6.07, 6.45) is 2.08. The molecule has 3 nitrogen and oxygen atoms in total. The molecule has 1 heterocycles. The third-order valence-electron chi connectivity index (χ3n) is 1.70. The van der Waals surface area contributed by atoms with Gasteiger partial charge in [0.2, 0.25) is 0 Å². The van der Waals surface area contributed by atoms with E-state index in [0.29, 0.717) is 6.42 Å². The van der Waals surface area contributed by atoms with Gasteiger partial charge < -0.3 is 4.52 Å². The molecule has 0 saturated carbocycles. The lowest BCUT2D eigenvalue weighted by Crippen LogP contribution is -1.78. The van der Waals surface area contributed by atoms with E-state index in [1.165, 1.54) is 0 Å². The standard InChI is InChI=1S/C9H6N2O/c10-4-3-7-1-2-9-8(5-7)6-11-12-9/h1-2,5-6H,3H2. The maximum Gasteiger partial charge on any atom is 0.166 e. The molecule has 0 aliphatic carbocycles. The van der Waals surface area contributed by atoms with Crippen molar-refractivity contribution in [3.63, 3.8) is 0 Å². The van der Waals surface area contributed by atoms with E-state index < -0.39 is 0 Å². The number of hydrogen-bond acceptors (Lipinski definition) is 3. The van der Waals surface area contributed by atoms with Crippen LogP contribution in [-0.4, -0.2) is 5.16 Å². The zero-order chi connectivity index (χ0) is 8.39. The Morgan fingerprint density at radius 3 is 3.25 bits per heavy atom. The summed E-state index contributed by atoms with van der Waals surface area (Å²) in [4.78, 5) is 0. The largest absolute Gasteiger partial charge is 0.356 e. The Kier molecular flexibility index (Phi) is 1.52. The monoisotopic (exact) mass is 158 g/mol. The van der Waals surface area contributed by atoms with E-state index in [9.17, 15) is 0 Å². The fourth-order valence-corrected chi connectivity index (χ4v) is 1.12. The molecule has 0 unspecified atom stereocenters. The third-order valence-corrected chi connectivity index (χ3v) is 1.70. The summed E-state index contributed by atoms with van der Waals surface area (Å²) >= 11 is 0. The molecular formula is C9H6N2O. The second-order valence-electron chi connectivity index (χ2n) is 2.53. The van der Waals surface area contributed by atoms with E-state index in [-0.39, 0.29) is 0 Å². The highest BCUT2D eigenvalue weighted by atomic mass is 16.5. The molecule has 0 spiro atoms. The molecule has 2 rings (SSSR count). The van der Waals surface area contributed by atoms with E-state index in [0.717, 1.165) is 16.5 Å². The van der Waals surface area contributed by atoms with Crippen molar-refractivity contribution in [2.75, 3.05) is 0 Å². The second kappa shape index (κ2) is 2.67. The first kappa shape index (κ1) is 6.86. The van der Waals surface area contributed by atoms with Crippen LogP contribution in [0, 0.1) is 11.3 Å². The summed E-state index contributed by atoms with van der Waals surface area (Å²) in [7, 11) is 0. The summed E-state index contributed by atoms with van der Waals surface area (Å²) in [6.45, 7) is 0. The van der Waals surface area contributed by atoms with Gasteiger partial charge in [0.05, 0.1) is 18.7 Å². The lowest BCUT2D eigenvalue weighted by molar-refractivity contribution is 0.456. The minimum atomic E-state index is 0.432. The van der Waals surface area contributed by atoms with Crippen molar-refractivity contribution in [1.82, 2.24) is 5.16 Å². The molecule has 0 radical (unpaired) electrons. The zero-order valence-corrected chi connectivity index (χ0v) is 6.32. The molecule has 1 aromatic heterocycles. The Morgan fingerprint density at radius 1 is 1.50 bits per heavy atom. The van der Waals surface area contributed by atoms with Crippen molar-refractivity contribution in [3.05, 3.63) is 30.0 Å². The predicted octanol–water partition coefficient (Wildman–Crippen LogP) is 1.89. The van der Waals surface area contributed by atoms with Gasteiger partial charge in [-0.1, -0.05) is 11.2 Å². The molecule has 0 saturated heterocycles. The van der Waals surface area contributed by atoms with Crippen LogP contribution in [0.2, 0.25) is 0 Å². The normalized spacial score (nSPS) is 9.92. The van der Waals surface area contributed by atoms with Gasteiger partial charge in [-0.15, -0.1) is 0 Å². The molecule has 0 N–H and O–H groups in total. The van der Waals surface area contributed by atoms with Gasteiger partial charge in [-0.3, -0.25) is 0 Å². The van der Waals surface area contributed by atoms with Crippen molar-refractivity contribution in [3.8, 4) is 6.07 Å². The molecule has 58 valence electrons. The van der Waals surface area contributed by atoms with Gasteiger partial charge in [0.15, 0.2) is 5.58 Å². The summed E-state index contributed by atoms with van der Waals surface area (Å²) in [5, 5.41) is 13.0. The quantitative estimate of drug-likeness (QED) is 0.636. The first-order valence-corrected chi connectivity index (χ1v) is 3.60. The minimum Gasteiger partial charge on any atom is -0.356 e. The summed E-state index contributed by atoms with van der Waals surface area (Å²) in [6, 6.07) is 7.70. The van der Waals surface area contributed by atoms with Crippen LogP contribution in [0.4, 0.5) is 0 Å². The van der Waals surface area contributed by atoms with Crippen molar-refractivity contribution in [2.45, 2.75) is 6.42 Å². The van der Waals surface area contributed by atoms with E-state index in [1.54, 1.807) is 6.20 Å². The molecule has 1 aromatic carbocycles. The number of nitrogens with zero attached hydrogens (tertiary/aromatic N) is 2. The number of hydrogen-bond donors (Lipinski definition) is 0. The van der Waals surface area contributed by atoms with Crippen LogP contribution < -0.4 is 0 Å². The number of aromatic nitrogens is 1. The number of nitriles is 1. The van der Waals surface area contributed by atoms with Gasteiger partial charge in [-0.2, -0.15) is 5.26 Å². The van der Waals surface area contributed by atoms with Crippen molar-refractivity contribution in [2.24, 2.45) is 0 Å². The molecule has 0 amide bonds. The Labute approximate surface area is 69.2 Å². The van der Waals surface area contributed by atoms with E-state index in [2.05, 4.69) is 11.2 Å². The fraction of sp³-hybridized carbons (Fsp3) is 0.111. The molecule has 0 atom stereocenters. The Balaban J connectivity index is 2.54. The van der Waals surface area contributed by atoms with Crippen molar-refractivity contribution in [1.29, 1.82) is 5.26 Å². The van der Waals surface area contributed by atoms with Gasteiger partial charge >= 0.3 is 0 Å². The highest BCUT2D eigenvalue weighted by Gasteiger charge is 1.98. The van der Waals surface area contributed by atoms with Crippen LogP contribution >= 0.6 is 0 Å². The Morgan fingerprint density at radius 2 is 2.42 bits per heavy atom. The molecule has 0 bridgehead atoms. The van der Waals surface area contributed by atoms with Gasteiger partial charge in [-0.05, 0) is 17.7 Å². The third kappa shape index (κ3) is 1.04. The smallest absolute Gasteiger partial charge is 0.166 e. The SMILES string of the molecule is N#CCc1ccc2oncc2c1. The van der Waals surface area contributed by atoms with Crippen LogP contribution in [0.25, 0.3) is 11.0 Å². The van der Waals surface area contributed by atoms with Crippen LogP contribution in [0.3, 0.4) is 0 Å². The van der Waals surface area contributed by atoms with E-state index in [1.807, 2.05) is 18.2 Å². The fourth-order valence-electron chi connectivity index (χ4n) is 1.12. The minimum absolute atomic E-state index is 0.432. The van der Waals surface area contributed by atoms with E-state index in [4.69, 9.17) is 9.78 Å². The van der Waals surface area contributed by atoms with Gasteiger partial charge in [0.1, 0.15) is 0 Å². The van der Waals surface area contributed by atoms with Crippen molar-refractivity contribution < 1.29 is 4.52 Å². The first-order chi connectivity index (χ1) is 5.90. The van der Waals surface area contributed by atoms with E-state index >= 15 is 0 Å². The number of fused-ring (bicyclic) bond motifs is 1. The second-order valence-corrected chi connectivity index (χ2v) is 2.53. The van der Waals surface area contributed by atoms with Crippen LogP contribution in [-0.2, 0) is 6.42 Å². The zero-order valence-electron chi connectivity index (χ0n) is 6.32. The molecule has 0 aliphatic heterocycles. The average Bonchev–Trinajstić information content (AvgIpc) is 2.51. The highest BCUT2D eigenvalue weighted by Crippen LogP contribution is 2.14. The maximum atomic E-state index is 8.45. The Hall–Kier alpha value is -1.82. The maximum absolute atomic E-state index is 8.45. The number of benzene rings is 1. The Bertz CT molecular complexity index is 439. The average molecular weight is 158 g/mol. The van der Waals surface area contributed by atoms with Gasteiger partial charge in [0, 0.05) is 5.39 Å². The van der Waals surface area contributed by atoms with Crippen LogP contribution in [0.1, 0.15) is 5.56 Å².